The van der Waals surface area contributed by atoms with E-state index in [1.807, 2.05) is 0 Å². The fourth-order valence-electron chi connectivity index (χ4n) is 1.45. The Morgan fingerprint density at radius 1 is 1.42 bits per heavy atom. The summed E-state index contributed by atoms with van der Waals surface area (Å²) in [4.78, 5) is 10.5. The Morgan fingerprint density at radius 2 is 2.05 bits per heavy atom. The fraction of sp³-hybridized carbons (Fsp3) is 0.308. The highest BCUT2D eigenvalue weighted by Crippen LogP contribution is 2.33. The number of benzene rings is 1. The van der Waals surface area contributed by atoms with Gasteiger partial charge in [0.2, 0.25) is 0 Å². The second-order valence-electron chi connectivity index (χ2n) is 4.10. The highest BCUT2D eigenvalue weighted by Gasteiger charge is 2.32. The smallest absolute Gasteiger partial charge is 0.416 e. The van der Waals surface area contributed by atoms with Crippen LogP contribution in [-0.4, -0.2) is 17.6 Å². The van der Waals surface area contributed by atoms with E-state index in [2.05, 4.69) is 5.32 Å². The van der Waals surface area contributed by atoms with Crippen molar-refractivity contribution < 1.29 is 23.1 Å². The quantitative estimate of drug-likeness (QED) is 0.826. The predicted molar refractivity (Wildman–Crippen MR) is 66.1 cm³/mol. The molecule has 0 atom stereocenters. The summed E-state index contributed by atoms with van der Waals surface area (Å²) >= 11 is 0. The monoisotopic (exact) mass is 273 g/mol. The van der Waals surface area contributed by atoms with Crippen LogP contribution in [0.5, 0.6) is 0 Å². The summed E-state index contributed by atoms with van der Waals surface area (Å²) in [6.45, 7) is 2.96. The number of carboxylic acids is 1. The second kappa shape index (κ2) is 5.77. The summed E-state index contributed by atoms with van der Waals surface area (Å²) in [5.74, 6) is -1.05. The van der Waals surface area contributed by atoms with Gasteiger partial charge >= 0.3 is 12.1 Å². The van der Waals surface area contributed by atoms with E-state index in [9.17, 15) is 18.0 Å². The lowest BCUT2D eigenvalue weighted by Gasteiger charge is -2.12. The van der Waals surface area contributed by atoms with Crippen LogP contribution in [0.2, 0.25) is 0 Å². The number of alkyl halides is 3. The van der Waals surface area contributed by atoms with Gasteiger partial charge in [-0.05, 0) is 31.5 Å². The van der Waals surface area contributed by atoms with Crippen LogP contribution in [0.15, 0.2) is 29.8 Å². The van der Waals surface area contributed by atoms with E-state index < -0.39 is 17.7 Å². The third-order valence-electron chi connectivity index (χ3n) is 2.59. The zero-order valence-corrected chi connectivity index (χ0v) is 10.5. The molecule has 0 saturated heterocycles. The van der Waals surface area contributed by atoms with Gasteiger partial charge in [-0.25, -0.2) is 4.79 Å². The standard InChI is InChI=1S/C13H14F3NO2/c1-8-3-4-10(7-11(8)13(14,15)16)17-6-5-9(2)12(18)19/h3-5,7,17H,6H2,1-2H3,(H,18,19)/b9-5-. The molecule has 0 aliphatic heterocycles. The number of carboxylic acid groups (broad SMARTS) is 1. The maximum Gasteiger partial charge on any atom is 0.416 e. The van der Waals surface area contributed by atoms with E-state index in [-0.39, 0.29) is 17.7 Å². The molecule has 19 heavy (non-hydrogen) atoms. The van der Waals surface area contributed by atoms with Crippen molar-refractivity contribution >= 4 is 11.7 Å². The normalized spacial score (nSPS) is 12.4. The van der Waals surface area contributed by atoms with Crippen LogP contribution in [0.1, 0.15) is 18.1 Å². The molecule has 1 rings (SSSR count). The van der Waals surface area contributed by atoms with E-state index in [0.717, 1.165) is 6.07 Å². The second-order valence-corrected chi connectivity index (χ2v) is 4.10. The molecule has 0 aliphatic rings. The van der Waals surface area contributed by atoms with Gasteiger partial charge in [-0.3, -0.25) is 0 Å². The van der Waals surface area contributed by atoms with Crippen LogP contribution in [0.3, 0.4) is 0 Å². The number of carbonyl (C=O) groups is 1. The number of hydrogen-bond acceptors (Lipinski definition) is 2. The first kappa shape index (κ1) is 15.1. The van der Waals surface area contributed by atoms with Gasteiger partial charge in [0.05, 0.1) is 5.56 Å². The first-order chi connectivity index (χ1) is 8.71. The minimum Gasteiger partial charge on any atom is -0.478 e. The molecule has 6 heteroatoms. The van der Waals surface area contributed by atoms with Gasteiger partial charge in [0.15, 0.2) is 0 Å². The van der Waals surface area contributed by atoms with Crippen LogP contribution in [0.4, 0.5) is 18.9 Å². The molecular formula is C13H14F3NO2. The maximum absolute atomic E-state index is 12.7. The average molecular weight is 273 g/mol. The molecule has 3 nitrogen and oxygen atoms in total. The Balaban J connectivity index is 2.82. The number of anilines is 1. The Morgan fingerprint density at radius 3 is 2.58 bits per heavy atom. The topological polar surface area (TPSA) is 49.3 Å². The largest absolute Gasteiger partial charge is 0.478 e. The Labute approximate surface area is 108 Å². The van der Waals surface area contributed by atoms with Crippen LogP contribution in [0, 0.1) is 6.92 Å². The molecule has 0 aromatic heterocycles. The van der Waals surface area contributed by atoms with Crippen LogP contribution in [0.25, 0.3) is 0 Å². The zero-order valence-electron chi connectivity index (χ0n) is 10.5. The van der Waals surface area contributed by atoms with E-state index in [1.54, 1.807) is 0 Å². The molecular weight excluding hydrogens is 259 g/mol. The molecule has 0 bridgehead atoms. The number of aliphatic carboxylic acids is 1. The molecule has 0 amide bonds. The summed E-state index contributed by atoms with van der Waals surface area (Å²) < 4.78 is 38.0. The molecule has 0 saturated carbocycles. The van der Waals surface area contributed by atoms with Gasteiger partial charge in [-0.15, -0.1) is 0 Å². The van der Waals surface area contributed by atoms with E-state index >= 15 is 0 Å². The minimum absolute atomic E-state index is 0.135. The third-order valence-corrected chi connectivity index (χ3v) is 2.59. The third kappa shape index (κ3) is 4.31. The molecule has 0 aliphatic carbocycles. The van der Waals surface area contributed by atoms with E-state index in [1.165, 1.54) is 32.1 Å². The molecule has 0 heterocycles. The number of halogens is 3. The lowest BCUT2D eigenvalue weighted by molar-refractivity contribution is -0.138. The number of aryl methyl sites for hydroxylation is 1. The lowest BCUT2D eigenvalue weighted by atomic mass is 10.1. The number of hydrogen-bond donors (Lipinski definition) is 2. The lowest BCUT2D eigenvalue weighted by Crippen LogP contribution is -2.09. The van der Waals surface area contributed by atoms with E-state index in [0.29, 0.717) is 5.69 Å². The minimum atomic E-state index is -4.39. The summed E-state index contributed by atoms with van der Waals surface area (Å²) in [6.07, 6.45) is -3.00. The molecule has 2 N–H and O–H groups in total. The van der Waals surface area contributed by atoms with Crippen molar-refractivity contribution in [1.82, 2.24) is 0 Å². The molecule has 1 aromatic carbocycles. The SMILES string of the molecule is C/C(=C/CNc1ccc(C)c(C(F)(F)F)c1)C(=O)O. The zero-order chi connectivity index (χ0) is 14.6. The molecule has 1 aromatic rings. The summed E-state index contributed by atoms with van der Waals surface area (Å²) in [5, 5.41) is 11.4. The summed E-state index contributed by atoms with van der Waals surface area (Å²) in [5.41, 5.74) is -0.116. The van der Waals surface area contributed by atoms with Crippen LogP contribution < -0.4 is 5.32 Å². The van der Waals surface area contributed by atoms with Crippen LogP contribution >= 0.6 is 0 Å². The van der Waals surface area contributed by atoms with Crippen molar-refractivity contribution in [2.75, 3.05) is 11.9 Å². The molecule has 0 fully saturated rings. The molecule has 104 valence electrons. The molecule has 0 radical (unpaired) electrons. The summed E-state index contributed by atoms with van der Waals surface area (Å²) in [7, 11) is 0. The van der Waals surface area contributed by atoms with Gasteiger partial charge in [-0.2, -0.15) is 13.2 Å². The Hall–Kier alpha value is -1.98. The Bertz CT molecular complexity index is 507. The first-order valence-corrected chi connectivity index (χ1v) is 5.53. The van der Waals surface area contributed by atoms with Crippen LogP contribution in [-0.2, 0) is 11.0 Å². The van der Waals surface area contributed by atoms with Gasteiger partial charge in [0, 0.05) is 17.8 Å². The highest BCUT2D eigenvalue weighted by atomic mass is 19.4. The van der Waals surface area contributed by atoms with Crippen molar-refractivity contribution in [3.8, 4) is 0 Å². The predicted octanol–water partition coefficient (Wildman–Crippen LogP) is 3.46. The maximum atomic E-state index is 12.7. The first-order valence-electron chi connectivity index (χ1n) is 5.53. The number of rotatable bonds is 4. The van der Waals surface area contributed by atoms with Crippen molar-refractivity contribution in [3.05, 3.63) is 41.0 Å². The van der Waals surface area contributed by atoms with Crippen molar-refractivity contribution in [2.45, 2.75) is 20.0 Å². The molecule has 0 spiro atoms. The fourth-order valence-corrected chi connectivity index (χ4v) is 1.45. The van der Waals surface area contributed by atoms with Gasteiger partial charge < -0.3 is 10.4 Å². The average Bonchev–Trinajstić information content (AvgIpc) is 2.29. The van der Waals surface area contributed by atoms with Crippen molar-refractivity contribution in [1.29, 1.82) is 0 Å². The summed E-state index contributed by atoms with van der Waals surface area (Å²) in [6, 6.07) is 3.91. The van der Waals surface area contributed by atoms with Gasteiger partial charge in [0.1, 0.15) is 0 Å². The van der Waals surface area contributed by atoms with Crippen molar-refractivity contribution in [3.63, 3.8) is 0 Å². The Kier molecular flexibility index (Phi) is 4.58. The van der Waals surface area contributed by atoms with Gasteiger partial charge in [0.25, 0.3) is 0 Å². The van der Waals surface area contributed by atoms with Crippen molar-refractivity contribution in [2.24, 2.45) is 0 Å². The highest BCUT2D eigenvalue weighted by molar-refractivity contribution is 5.85. The number of nitrogens with one attached hydrogen (secondary N) is 1. The van der Waals surface area contributed by atoms with Gasteiger partial charge in [-0.1, -0.05) is 12.1 Å². The van der Waals surface area contributed by atoms with E-state index in [4.69, 9.17) is 5.11 Å². The molecule has 0 unspecified atom stereocenters.